The third-order valence-electron chi connectivity index (χ3n) is 3.32. The van der Waals surface area contributed by atoms with Gasteiger partial charge < -0.3 is 4.74 Å². The van der Waals surface area contributed by atoms with Crippen molar-refractivity contribution in [3.05, 3.63) is 51.4 Å². The molecule has 0 spiro atoms. The van der Waals surface area contributed by atoms with Gasteiger partial charge in [-0.1, -0.05) is 49.9 Å². The highest BCUT2D eigenvalue weighted by molar-refractivity contribution is 6.32. The van der Waals surface area contributed by atoms with Crippen molar-refractivity contribution in [2.24, 2.45) is 5.10 Å². The molecule has 0 fully saturated rings. The van der Waals surface area contributed by atoms with Crippen molar-refractivity contribution in [2.75, 3.05) is 12.0 Å². The molecule has 1 aromatic carbocycles. The second-order valence-electron chi connectivity index (χ2n) is 5.28. The van der Waals surface area contributed by atoms with Crippen LogP contribution in [0.4, 0.5) is 5.69 Å². The van der Waals surface area contributed by atoms with Gasteiger partial charge in [-0.05, 0) is 24.1 Å². The second kappa shape index (κ2) is 9.72. The third kappa shape index (κ3) is 5.70. The molecule has 7 heteroatoms. The Labute approximate surface area is 145 Å². The van der Waals surface area contributed by atoms with Crippen LogP contribution in [0.3, 0.4) is 0 Å². The molecule has 128 valence electrons. The summed E-state index contributed by atoms with van der Waals surface area (Å²) in [5, 5.41) is 9.99. The number of benzene rings is 1. The maximum absolute atomic E-state index is 11.3. The summed E-state index contributed by atoms with van der Waals surface area (Å²) < 4.78 is 5.73. The molecular formula is C17H21ClN4O2. The topological polar surface area (TPSA) is 79.4 Å². The Bertz CT molecular complexity index is 731. The number of unbranched alkanes of at least 4 members (excludes halogenated alkanes) is 3. The number of nitrogens with zero attached hydrogens (tertiary/aromatic N) is 2. The predicted octanol–water partition coefficient (Wildman–Crippen LogP) is 3.83. The fraction of sp³-hybridized carbons (Fsp3) is 0.353. The summed E-state index contributed by atoms with van der Waals surface area (Å²) in [6, 6.07) is 7.64. The number of rotatable bonds is 9. The first-order valence-electron chi connectivity index (χ1n) is 7.96. The van der Waals surface area contributed by atoms with Crippen molar-refractivity contribution in [1.82, 2.24) is 10.2 Å². The van der Waals surface area contributed by atoms with E-state index >= 15 is 0 Å². The van der Waals surface area contributed by atoms with Gasteiger partial charge in [-0.25, -0.2) is 5.10 Å². The van der Waals surface area contributed by atoms with Crippen LogP contribution in [-0.2, 0) is 0 Å². The van der Waals surface area contributed by atoms with Gasteiger partial charge in [-0.3, -0.25) is 10.2 Å². The third-order valence-corrected chi connectivity index (χ3v) is 3.69. The highest BCUT2D eigenvalue weighted by atomic mass is 35.5. The van der Waals surface area contributed by atoms with Crippen molar-refractivity contribution >= 4 is 23.5 Å². The van der Waals surface area contributed by atoms with E-state index in [1.54, 1.807) is 6.21 Å². The number of hydrogen-bond donors (Lipinski definition) is 2. The van der Waals surface area contributed by atoms with E-state index in [1.807, 2.05) is 24.3 Å². The van der Waals surface area contributed by atoms with Crippen molar-refractivity contribution in [3.8, 4) is 5.75 Å². The molecule has 0 radical (unpaired) electrons. The van der Waals surface area contributed by atoms with E-state index in [0.29, 0.717) is 12.3 Å². The van der Waals surface area contributed by atoms with Gasteiger partial charge in [0.25, 0.3) is 5.56 Å². The van der Waals surface area contributed by atoms with Crippen LogP contribution in [-0.4, -0.2) is 23.0 Å². The summed E-state index contributed by atoms with van der Waals surface area (Å²) in [6.07, 6.45) is 7.72. The minimum Gasteiger partial charge on any atom is -0.494 e. The predicted molar refractivity (Wildman–Crippen MR) is 97.2 cm³/mol. The summed E-state index contributed by atoms with van der Waals surface area (Å²) >= 11 is 5.85. The lowest BCUT2D eigenvalue weighted by atomic mass is 10.2. The van der Waals surface area contributed by atoms with Crippen molar-refractivity contribution in [2.45, 2.75) is 32.6 Å². The molecule has 6 nitrogen and oxygen atoms in total. The van der Waals surface area contributed by atoms with Gasteiger partial charge in [0.05, 0.1) is 19.0 Å². The Morgan fingerprint density at radius 3 is 3.08 bits per heavy atom. The lowest BCUT2D eigenvalue weighted by Crippen LogP contribution is -2.10. The lowest BCUT2D eigenvalue weighted by Gasteiger charge is -2.06. The fourth-order valence-corrected chi connectivity index (χ4v) is 2.17. The van der Waals surface area contributed by atoms with Gasteiger partial charge in [0.2, 0.25) is 0 Å². The van der Waals surface area contributed by atoms with Crippen LogP contribution < -0.4 is 15.7 Å². The zero-order valence-corrected chi connectivity index (χ0v) is 14.3. The largest absolute Gasteiger partial charge is 0.494 e. The number of aromatic nitrogens is 2. The first-order valence-corrected chi connectivity index (χ1v) is 8.33. The average molecular weight is 349 g/mol. The molecule has 2 aromatic rings. The summed E-state index contributed by atoms with van der Waals surface area (Å²) in [6.45, 7) is 2.90. The maximum atomic E-state index is 11.3. The molecular weight excluding hydrogens is 328 g/mol. The molecule has 0 aliphatic carbocycles. The van der Waals surface area contributed by atoms with E-state index in [0.717, 1.165) is 17.7 Å². The Morgan fingerprint density at radius 1 is 1.38 bits per heavy atom. The number of aromatic amines is 1. The molecule has 24 heavy (non-hydrogen) atoms. The highest BCUT2D eigenvalue weighted by Gasteiger charge is 2.03. The van der Waals surface area contributed by atoms with E-state index < -0.39 is 5.56 Å². The number of hydrazone groups is 1. The summed E-state index contributed by atoms with van der Waals surface area (Å²) in [4.78, 5) is 11.3. The van der Waals surface area contributed by atoms with Gasteiger partial charge in [-0.2, -0.15) is 10.2 Å². The SMILES string of the molecule is CCCCCCOc1cccc(/C=N/Nc2cn[nH]c(=O)c2Cl)c1. The molecule has 0 amide bonds. The van der Waals surface area contributed by atoms with Crippen LogP contribution in [0.1, 0.15) is 38.2 Å². The van der Waals surface area contributed by atoms with E-state index in [4.69, 9.17) is 16.3 Å². The summed E-state index contributed by atoms with van der Waals surface area (Å²) in [5.41, 5.74) is 3.46. The molecule has 0 unspecified atom stereocenters. The molecule has 0 bridgehead atoms. The Morgan fingerprint density at radius 2 is 2.25 bits per heavy atom. The first-order chi connectivity index (χ1) is 11.7. The lowest BCUT2D eigenvalue weighted by molar-refractivity contribution is 0.305. The van der Waals surface area contributed by atoms with Gasteiger partial charge >= 0.3 is 0 Å². The Balaban J connectivity index is 1.89. The summed E-state index contributed by atoms with van der Waals surface area (Å²) in [7, 11) is 0. The van der Waals surface area contributed by atoms with Gasteiger partial charge in [0.1, 0.15) is 16.5 Å². The fourth-order valence-electron chi connectivity index (χ4n) is 2.04. The first kappa shape index (κ1) is 18.0. The maximum Gasteiger partial charge on any atom is 0.285 e. The van der Waals surface area contributed by atoms with Crippen LogP contribution >= 0.6 is 11.6 Å². The second-order valence-corrected chi connectivity index (χ2v) is 5.66. The molecule has 0 atom stereocenters. The van der Waals surface area contributed by atoms with E-state index in [1.165, 1.54) is 25.5 Å². The molecule has 0 aliphatic rings. The smallest absolute Gasteiger partial charge is 0.285 e. The van der Waals surface area contributed by atoms with Crippen LogP contribution in [0.25, 0.3) is 0 Å². The number of halogens is 1. The van der Waals surface area contributed by atoms with Gasteiger partial charge in [-0.15, -0.1) is 0 Å². The molecule has 1 aromatic heterocycles. The van der Waals surface area contributed by atoms with Crippen molar-refractivity contribution in [1.29, 1.82) is 0 Å². The van der Waals surface area contributed by atoms with Gasteiger partial charge in [0.15, 0.2) is 0 Å². The number of hydrogen-bond acceptors (Lipinski definition) is 5. The number of anilines is 1. The van der Waals surface area contributed by atoms with Crippen LogP contribution in [0, 0.1) is 0 Å². The monoisotopic (exact) mass is 348 g/mol. The molecule has 0 aliphatic heterocycles. The van der Waals surface area contributed by atoms with Crippen LogP contribution in [0.2, 0.25) is 5.02 Å². The van der Waals surface area contributed by atoms with Crippen LogP contribution in [0.15, 0.2) is 40.4 Å². The number of nitrogens with one attached hydrogen (secondary N) is 2. The quantitative estimate of drug-likeness (QED) is 0.410. The molecule has 2 N–H and O–H groups in total. The molecule has 1 heterocycles. The normalized spacial score (nSPS) is 10.9. The molecule has 0 saturated carbocycles. The Kier molecular flexibility index (Phi) is 7.29. The van der Waals surface area contributed by atoms with Crippen LogP contribution in [0.5, 0.6) is 5.75 Å². The molecule has 2 rings (SSSR count). The Hall–Kier alpha value is -2.34. The van der Waals surface area contributed by atoms with E-state index in [-0.39, 0.29) is 5.02 Å². The van der Waals surface area contributed by atoms with Gasteiger partial charge in [0, 0.05) is 0 Å². The molecule has 0 saturated heterocycles. The highest BCUT2D eigenvalue weighted by Crippen LogP contribution is 2.15. The number of ether oxygens (including phenoxy) is 1. The van der Waals surface area contributed by atoms with Crippen molar-refractivity contribution < 1.29 is 4.74 Å². The van der Waals surface area contributed by atoms with E-state index in [9.17, 15) is 4.79 Å². The zero-order chi connectivity index (χ0) is 17.2. The minimum atomic E-state index is -0.463. The minimum absolute atomic E-state index is 0.0197. The zero-order valence-electron chi connectivity index (χ0n) is 13.6. The van der Waals surface area contributed by atoms with E-state index in [2.05, 4.69) is 27.6 Å². The average Bonchev–Trinajstić information content (AvgIpc) is 2.59. The number of H-pyrrole nitrogens is 1. The van der Waals surface area contributed by atoms with Crippen molar-refractivity contribution in [3.63, 3.8) is 0 Å². The standard InChI is InChI=1S/C17H21ClN4O2/c1-2-3-4-5-9-24-14-8-6-7-13(10-14)11-19-21-15-12-20-22-17(23)16(15)18/h6-8,10-12H,2-5,9H2,1H3,(H2,21,22,23)/b19-11+. The summed E-state index contributed by atoms with van der Waals surface area (Å²) in [5.74, 6) is 0.811.